The number of rotatable bonds is 4. The lowest BCUT2D eigenvalue weighted by molar-refractivity contribution is -0.131. The van der Waals surface area contributed by atoms with Crippen LogP contribution in [0.3, 0.4) is 0 Å². The SMILES string of the molecule is C[C@@H](CC(=O)N1CCCN(S(C)(=O)=O)CC1)c1ccccc1. The minimum Gasteiger partial charge on any atom is -0.341 e. The van der Waals surface area contributed by atoms with Gasteiger partial charge in [-0.15, -0.1) is 0 Å². The number of sulfonamides is 1. The van der Waals surface area contributed by atoms with E-state index in [4.69, 9.17) is 0 Å². The molecule has 0 bridgehead atoms. The van der Waals surface area contributed by atoms with Crippen LogP contribution in [-0.2, 0) is 14.8 Å². The Bertz CT molecular complexity index is 601. The summed E-state index contributed by atoms with van der Waals surface area (Å²) >= 11 is 0. The van der Waals surface area contributed by atoms with Crippen molar-refractivity contribution in [2.45, 2.75) is 25.7 Å². The molecule has 0 aromatic heterocycles. The van der Waals surface area contributed by atoms with Crippen molar-refractivity contribution < 1.29 is 13.2 Å². The van der Waals surface area contributed by atoms with Crippen LogP contribution in [0.5, 0.6) is 0 Å². The standard InChI is InChI=1S/C16H24N2O3S/c1-14(15-7-4-3-5-8-15)13-16(19)17-9-6-10-18(12-11-17)22(2,20)21/h3-5,7-8,14H,6,9-13H2,1-2H3/t14-/m0/s1. The second kappa shape index (κ2) is 7.24. The molecule has 1 aliphatic rings. The maximum absolute atomic E-state index is 12.4. The van der Waals surface area contributed by atoms with Crippen molar-refractivity contribution in [1.29, 1.82) is 0 Å². The molecule has 0 unspecified atom stereocenters. The third kappa shape index (κ3) is 4.55. The van der Waals surface area contributed by atoms with Crippen molar-refractivity contribution in [2.24, 2.45) is 0 Å². The topological polar surface area (TPSA) is 57.7 Å². The Hall–Kier alpha value is -1.40. The monoisotopic (exact) mass is 324 g/mol. The number of carbonyl (C=O) groups is 1. The van der Waals surface area contributed by atoms with Gasteiger partial charge in [-0.3, -0.25) is 4.79 Å². The fourth-order valence-electron chi connectivity index (χ4n) is 2.77. The lowest BCUT2D eigenvalue weighted by atomic mass is 9.97. The van der Waals surface area contributed by atoms with Crippen LogP contribution < -0.4 is 0 Å². The molecule has 122 valence electrons. The smallest absolute Gasteiger partial charge is 0.223 e. The first-order valence-electron chi connectivity index (χ1n) is 7.66. The van der Waals surface area contributed by atoms with Gasteiger partial charge >= 0.3 is 0 Å². The normalized spacial score (nSPS) is 18.7. The molecule has 1 saturated heterocycles. The average molecular weight is 324 g/mol. The molecule has 1 atom stereocenters. The van der Waals surface area contributed by atoms with Crippen LogP contribution in [0, 0.1) is 0 Å². The van der Waals surface area contributed by atoms with E-state index in [-0.39, 0.29) is 11.8 Å². The molecule has 1 aromatic carbocycles. The highest BCUT2D eigenvalue weighted by Crippen LogP contribution is 2.20. The fraction of sp³-hybridized carbons (Fsp3) is 0.562. The van der Waals surface area contributed by atoms with Crippen LogP contribution in [0.1, 0.15) is 31.2 Å². The van der Waals surface area contributed by atoms with E-state index < -0.39 is 10.0 Å². The highest BCUT2D eigenvalue weighted by atomic mass is 32.2. The summed E-state index contributed by atoms with van der Waals surface area (Å²) in [5.74, 6) is 0.273. The second-order valence-electron chi connectivity index (χ2n) is 5.91. The number of hydrogen-bond donors (Lipinski definition) is 0. The second-order valence-corrected chi connectivity index (χ2v) is 7.89. The molecule has 0 radical (unpaired) electrons. The summed E-state index contributed by atoms with van der Waals surface area (Å²) in [4.78, 5) is 14.2. The van der Waals surface area contributed by atoms with Gasteiger partial charge in [-0.05, 0) is 17.9 Å². The molecule has 1 amide bonds. The molecule has 1 fully saturated rings. The van der Waals surface area contributed by atoms with Crippen LogP contribution in [-0.4, -0.2) is 56.0 Å². The summed E-state index contributed by atoms with van der Waals surface area (Å²) in [5.41, 5.74) is 1.16. The highest BCUT2D eigenvalue weighted by Gasteiger charge is 2.24. The van der Waals surface area contributed by atoms with E-state index in [9.17, 15) is 13.2 Å². The number of amides is 1. The van der Waals surface area contributed by atoms with Gasteiger partial charge in [-0.2, -0.15) is 0 Å². The van der Waals surface area contributed by atoms with Crippen LogP contribution >= 0.6 is 0 Å². The van der Waals surface area contributed by atoms with Gasteiger partial charge < -0.3 is 4.90 Å². The number of benzene rings is 1. The average Bonchev–Trinajstić information content (AvgIpc) is 2.73. The Morgan fingerprint density at radius 3 is 2.45 bits per heavy atom. The number of nitrogens with zero attached hydrogens (tertiary/aromatic N) is 2. The van der Waals surface area contributed by atoms with Crippen molar-refractivity contribution >= 4 is 15.9 Å². The van der Waals surface area contributed by atoms with E-state index in [1.165, 1.54) is 10.6 Å². The summed E-state index contributed by atoms with van der Waals surface area (Å²) < 4.78 is 24.7. The van der Waals surface area contributed by atoms with Gasteiger partial charge in [0.15, 0.2) is 0 Å². The quantitative estimate of drug-likeness (QED) is 0.846. The van der Waals surface area contributed by atoms with E-state index in [1.54, 1.807) is 4.90 Å². The van der Waals surface area contributed by atoms with Crippen molar-refractivity contribution in [3.8, 4) is 0 Å². The molecule has 1 aromatic rings. The van der Waals surface area contributed by atoms with Crippen LogP contribution in [0.25, 0.3) is 0 Å². The molecule has 1 aliphatic heterocycles. The van der Waals surface area contributed by atoms with Crippen molar-refractivity contribution in [3.63, 3.8) is 0 Å². The molecule has 22 heavy (non-hydrogen) atoms. The number of carbonyl (C=O) groups excluding carboxylic acids is 1. The third-order valence-corrected chi connectivity index (χ3v) is 5.43. The predicted octanol–water partition coefficient (Wildman–Crippen LogP) is 1.67. The summed E-state index contributed by atoms with van der Waals surface area (Å²) in [5, 5.41) is 0. The Labute approximate surface area is 133 Å². The van der Waals surface area contributed by atoms with Crippen LogP contribution in [0.4, 0.5) is 0 Å². The molecular weight excluding hydrogens is 300 g/mol. The van der Waals surface area contributed by atoms with Crippen molar-refractivity contribution in [2.75, 3.05) is 32.4 Å². The van der Waals surface area contributed by atoms with E-state index in [0.717, 1.165) is 5.56 Å². The maximum atomic E-state index is 12.4. The summed E-state index contributed by atoms with van der Waals surface area (Å²) in [7, 11) is -3.17. The lowest BCUT2D eigenvalue weighted by Gasteiger charge is -2.23. The first kappa shape index (κ1) is 17.0. The zero-order valence-corrected chi connectivity index (χ0v) is 14.1. The zero-order valence-electron chi connectivity index (χ0n) is 13.2. The summed E-state index contributed by atoms with van der Waals surface area (Å²) in [6.45, 7) is 4.05. The fourth-order valence-corrected chi connectivity index (χ4v) is 3.64. The van der Waals surface area contributed by atoms with Crippen molar-refractivity contribution in [3.05, 3.63) is 35.9 Å². The molecule has 0 N–H and O–H groups in total. The van der Waals surface area contributed by atoms with Crippen LogP contribution in [0.15, 0.2) is 30.3 Å². The molecule has 0 aliphatic carbocycles. The molecular formula is C16H24N2O3S. The molecule has 5 nitrogen and oxygen atoms in total. The molecule has 6 heteroatoms. The lowest BCUT2D eigenvalue weighted by Crippen LogP contribution is -2.37. The summed E-state index contributed by atoms with van der Waals surface area (Å²) in [6, 6.07) is 9.99. The first-order valence-corrected chi connectivity index (χ1v) is 9.50. The summed E-state index contributed by atoms with van der Waals surface area (Å²) in [6.07, 6.45) is 2.38. The zero-order chi connectivity index (χ0) is 16.2. The Kier molecular flexibility index (Phi) is 5.58. The van der Waals surface area contributed by atoms with E-state index in [0.29, 0.717) is 39.0 Å². The predicted molar refractivity (Wildman–Crippen MR) is 87.1 cm³/mol. The van der Waals surface area contributed by atoms with E-state index in [2.05, 4.69) is 0 Å². The minimum absolute atomic E-state index is 0.103. The third-order valence-electron chi connectivity index (χ3n) is 4.13. The minimum atomic E-state index is -3.17. The first-order chi connectivity index (χ1) is 10.4. The Morgan fingerprint density at radius 2 is 1.82 bits per heavy atom. The molecule has 1 heterocycles. The van der Waals surface area contributed by atoms with E-state index >= 15 is 0 Å². The van der Waals surface area contributed by atoms with Crippen molar-refractivity contribution in [1.82, 2.24) is 9.21 Å². The number of hydrogen-bond acceptors (Lipinski definition) is 3. The van der Waals surface area contributed by atoms with Gasteiger partial charge in [0.05, 0.1) is 6.26 Å². The largest absolute Gasteiger partial charge is 0.341 e. The molecule has 0 spiro atoms. The Balaban J connectivity index is 1.93. The highest BCUT2D eigenvalue weighted by molar-refractivity contribution is 7.88. The van der Waals surface area contributed by atoms with E-state index in [1.807, 2.05) is 37.3 Å². The molecule has 2 rings (SSSR count). The Morgan fingerprint density at radius 1 is 1.14 bits per heavy atom. The van der Waals surface area contributed by atoms with Crippen LogP contribution in [0.2, 0.25) is 0 Å². The van der Waals surface area contributed by atoms with Gasteiger partial charge in [0, 0.05) is 32.6 Å². The van der Waals surface area contributed by atoms with Gasteiger partial charge in [0.1, 0.15) is 0 Å². The van der Waals surface area contributed by atoms with Gasteiger partial charge in [0.25, 0.3) is 0 Å². The van der Waals surface area contributed by atoms with Gasteiger partial charge in [-0.1, -0.05) is 37.3 Å². The molecule has 0 saturated carbocycles. The maximum Gasteiger partial charge on any atom is 0.223 e. The van der Waals surface area contributed by atoms with Gasteiger partial charge in [-0.25, -0.2) is 12.7 Å². The van der Waals surface area contributed by atoms with Gasteiger partial charge in [0.2, 0.25) is 15.9 Å².